The molecule has 0 aliphatic carbocycles. The van der Waals surface area contributed by atoms with E-state index in [1.54, 1.807) is 0 Å². The molecule has 11 heteroatoms. The molecule has 1 heterocycles. The third-order valence-electron chi connectivity index (χ3n) is 2.67. The number of nitrogens with two attached hydrogens (primary N) is 1. The molecule has 1 aromatic carbocycles. The Morgan fingerprint density at radius 1 is 1.33 bits per heavy atom. The van der Waals surface area contributed by atoms with Crippen LogP contribution >= 0.6 is 11.8 Å². The number of carbonyl (C=O) groups is 2. The van der Waals surface area contributed by atoms with Gasteiger partial charge in [-0.05, 0) is 18.2 Å². The number of H-pyrrole nitrogens is 1. The van der Waals surface area contributed by atoms with Crippen LogP contribution in [0.2, 0.25) is 0 Å². The van der Waals surface area contributed by atoms with Crippen molar-refractivity contribution in [3.05, 3.63) is 45.8 Å². The number of carbonyl (C=O) groups excluding carboxylic acids is 2. The van der Waals surface area contributed by atoms with Gasteiger partial charge in [0.25, 0.3) is 11.5 Å². The third kappa shape index (κ3) is 4.07. The first-order chi connectivity index (χ1) is 11.3. The highest BCUT2D eigenvalue weighted by Gasteiger charge is 2.15. The zero-order valence-electron chi connectivity index (χ0n) is 11.8. The summed E-state index contributed by atoms with van der Waals surface area (Å²) in [5.41, 5.74) is 4.09. The Labute approximate surface area is 137 Å². The van der Waals surface area contributed by atoms with Crippen molar-refractivity contribution in [2.75, 3.05) is 16.8 Å². The lowest BCUT2D eigenvalue weighted by Gasteiger charge is -2.09. The smallest absolute Gasteiger partial charge is 0.277 e. The van der Waals surface area contributed by atoms with Gasteiger partial charge in [-0.1, -0.05) is 11.8 Å². The number of nitrogen functional groups attached to an aromatic ring is 1. The first kappa shape index (κ1) is 17.4. The number of amides is 1. The van der Waals surface area contributed by atoms with E-state index in [1.165, 1.54) is 0 Å². The largest absolute Gasteiger partial charge is 0.549 e. The Kier molecular flexibility index (Phi) is 5.14. The average Bonchev–Trinajstić information content (AvgIpc) is 2.51. The summed E-state index contributed by atoms with van der Waals surface area (Å²) in [6, 6.07) is 2.44. The molecule has 1 amide bonds. The first-order valence-corrected chi connectivity index (χ1v) is 7.25. The van der Waals surface area contributed by atoms with Crippen LogP contribution < -0.4 is 21.7 Å². The van der Waals surface area contributed by atoms with Gasteiger partial charge in [-0.3, -0.25) is 14.6 Å². The summed E-state index contributed by atoms with van der Waals surface area (Å²) in [7, 11) is 0. The summed E-state index contributed by atoms with van der Waals surface area (Å²) in [4.78, 5) is 40.2. The van der Waals surface area contributed by atoms with E-state index in [0.29, 0.717) is 17.8 Å². The van der Waals surface area contributed by atoms with Crippen molar-refractivity contribution < 1.29 is 23.5 Å². The number of hydrogen-bond donors (Lipinski definition) is 3. The highest BCUT2D eigenvalue weighted by Crippen LogP contribution is 2.17. The number of nitrogens with zero attached hydrogens (tertiary/aromatic N) is 1. The van der Waals surface area contributed by atoms with Gasteiger partial charge in [0.15, 0.2) is 22.6 Å². The molecule has 2 rings (SSSR count). The van der Waals surface area contributed by atoms with E-state index in [-0.39, 0.29) is 16.5 Å². The summed E-state index contributed by atoms with van der Waals surface area (Å²) < 4.78 is 26.0. The molecule has 0 radical (unpaired) electrons. The van der Waals surface area contributed by atoms with Gasteiger partial charge in [-0.15, -0.1) is 0 Å². The first-order valence-electron chi connectivity index (χ1n) is 6.26. The zero-order valence-corrected chi connectivity index (χ0v) is 12.6. The van der Waals surface area contributed by atoms with Crippen LogP contribution in [0.3, 0.4) is 0 Å². The van der Waals surface area contributed by atoms with Crippen LogP contribution in [0.4, 0.5) is 20.3 Å². The molecule has 126 valence electrons. The fourth-order valence-corrected chi connectivity index (χ4v) is 2.19. The molecule has 0 aliphatic heterocycles. The van der Waals surface area contributed by atoms with E-state index >= 15 is 0 Å². The topological polar surface area (TPSA) is 141 Å². The second-order valence-corrected chi connectivity index (χ2v) is 5.34. The van der Waals surface area contributed by atoms with E-state index in [4.69, 9.17) is 5.73 Å². The van der Waals surface area contributed by atoms with Gasteiger partial charge in [0, 0.05) is 11.3 Å². The summed E-state index contributed by atoms with van der Waals surface area (Å²) in [6.45, 7) is 0. The number of hydrogen-bond acceptors (Lipinski definition) is 7. The van der Waals surface area contributed by atoms with Crippen molar-refractivity contribution in [1.82, 2.24) is 9.97 Å². The Morgan fingerprint density at radius 2 is 2.04 bits per heavy atom. The maximum atomic E-state index is 13.1. The molecule has 0 bridgehead atoms. The van der Waals surface area contributed by atoms with Gasteiger partial charge in [0.1, 0.15) is 5.69 Å². The van der Waals surface area contributed by atoms with Gasteiger partial charge in [0.2, 0.25) is 0 Å². The minimum Gasteiger partial charge on any atom is -0.549 e. The number of aromatic nitrogens is 2. The fraction of sp³-hybridized carbons (Fsp3) is 0.0769. The molecule has 4 N–H and O–H groups in total. The predicted molar refractivity (Wildman–Crippen MR) is 79.3 cm³/mol. The Hall–Kier alpha value is -2.95. The summed E-state index contributed by atoms with van der Waals surface area (Å²) >= 11 is 0.672. The minimum absolute atomic E-state index is 0.0764. The van der Waals surface area contributed by atoms with Crippen molar-refractivity contribution in [3.63, 3.8) is 0 Å². The van der Waals surface area contributed by atoms with Crippen molar-refractivity contribution in [2.24, 2.45) is 0 Å². The van der Waals surface area contributed by atoms with Crippen LogP contribution in [0.15, 0.2) is 28.2 Å². The molecule has 0 spiro atoms. The van der Waals surface area contributed by atoms with Gasteiger partial charge >= 0.3 is 0 Å². The van der Waals surface area contributed by atoms with E-state index in [0.717, 1.165) is 12.1 Å². The molecule has 24 heavy (non-hydrogen) atoms. The van der Waals surface area contributed by atoms with Crippen LogP contribution in [0, 0.1) is 11.6 Å². The van der Waals surface area contributed by atoms with Crippen molar-refractivity contribution in [2.45, 2.75) is 5.16 Å². The lowest BCUT2D eigenvalue weighted by molar-refractivity contribution is -0.301. The number of benzene rings is 1. The van der Waals surface area contributed by atoms with Crippen LogP contribution in [-0.2, 0) is 4.79 Å². The quantitative estimate of drug-likeness (QED) is 0.495. The number of carboxylic acid groups (broad SMARTS) is 1. The second-order valence-electron chi connectivity index (χ2n) is 4.38. The number of carboxylic acids is 1. The second kappa shape index (κ2) is 7.08. The van der Waals surface area contributed by atoms with Gasteiger partial charge in [0.05, 0.1) is 5.97 Å². The molecule has 0 saturated carbocycles. The predicted octanol–water partition coefficient (Wildman–Crippen LogP) is -0.275. The normalized spacial score (nSPS) is 10.4. The minimum atomic E-state index is -1.36. The maximum absolute atomic E-state index is 13.1. The molecule has 0 atom stereocenters. The van der Waals surface area contributed by atoms with Crippen LogP contribution in [-0.4, -0.2) is 27.6 Å². The van der Waals surface area contributed by atoms with E-state index in [2.05, 4.69) is 15.3 Å². The zero-order chi connectivity index (χ0) is 17.9. The number of anilines is 2. The number of aromatic amines is 1. The van der Waals surface area contributed by atoms with Crippen LogP contribution in [0.25, 0.3) is 0 Å². The Bertz CT molecular complexity index is 872. The molecular weight excluding hydrogens is 346 g/mol. The summed E-state index contributed by atoms with van der Waals surface area (Å²) in [6.07, 6.45) is 0. The van der Waals surface area contributed by atoms with Crippen molar-refractivity contribution >= 4 is 35.1 Å². The molecule has 0 saturated heterocycles. The van der Waals surface area contributed by atoms with E-state index < -0.39 is 40.5 Å². The highest BCUT2D eigenvalue weighted by molar-refractivity contribution is 7.99. The highest BCUT2D eigenvalue weighted by atomic mass is 32.2. The summed E-state index contributed by atoms with van der Waals surface area (Å²) in [5, 5.41) is 12.4. The van der Waals surface area contributed by atoms with Crippen LogP contribution in [0.1, 0.15) is 10.4 Å². The SMILES string of the molecule is Nc1nc(SCC(=O)[O-])[nH]c(=O)c1NC(=O)c1ccc(F)c(F)c1. The molecule has 1 aromatic heterocycles. The van der Waals surface area contributed by atoms with E-state index in [1.807, 2.05) is 0 Å². The standard InChI is InChI=1S/C13H10F2N4O4S/c14-6-2-1-5(3-7(6)15)11(22)17-9-10(16)18-13(19-12(9)23)24-4-8(20)21/h1-3H,4H2,(H,17,22)(H,20,21)(H3,16,18,19,23)/p-1. The van der Waals surface area contributed by atoms with Gasteiger partial charge in [-0.25, -0.2) is 13.8 Å². The molecule has 8 nitrogen and oxygen atoms in total. The van der Waals surface area contributed by atoms with Crippen LogP contribution in [0.5, 0.6) is 0 Å². The Balaban J connectivity index is 2.23. The van der Waals surface area contributed by atoms with Gasteiger partial charge < -0.3 is 21.0 Å². The number of halogens is 2. The summed E-state index contributed by atoms with van der Waals surface area (Å²) in [5.74, 6) is -5.43. The third-order valence-corrected chi connectivity index (χ3v) is 3.52. The Morgan fingerprint density at radius 3 is 2.62 bits per heavy atom. The van der Waals surface area contributed by atoms with E-state index in [9.17, 15) is 28.3 Å². The molecule has 0 fully saturated rings. The van der Waals surface area contributed by atoms with Crippen molar-refractivity contribution in [1.29, 1.82) is 0 Å². The van der Waals surface area contributed by atoms with Crippen molar-refractivity contribution in [3.8, 4) is 0 Å². The average molecular weight is 355 g/mol. The maximum Gasteiger partial charge on any atom is 0.277 e. The lowest BCUT2D eigenvalue weighted by atomic mass is 10.2. The molecule has 0 unspecified atom stereocenters. The lowest BCUT2D eigenvalue weighted by Crippen LogP contribution is -2.25. The number of rotatable bonds is 5. The molecule has 2 aromatic rings. The molecule has 0 aliphatic rings. The molecular formula is C13H9F2N4O4S-. The number of nitrogens with one attached hydrogen (secondary N) is 2. The monoisotopic (exact) mass is 355 g/mol. The number of thioether (sulfide) groups is 1. The fourth-order valence-electron chi connectivity index (χ4n) is 1.61. The van der Waals surface area contributed by atoms with Gasteiger partial charge in [-0.2, -0.15) is 0 Å². The number of aliphatic carboxylic acids is 1.